The van der Waals surface area contributed by atoms with Crippen molar-refractivity contribution < 1.29 is 4.74 Å². The van der Waals surface area contributed by atoms with Crippen LogP contribution in [0, 0.1) is 5.92 Å². The summed E-state index contributed by atoms with van der Waals surface area (Å²) in [6.45, 7) is 8.91. The maximum absolute atomic E-state index is 5.29. The Hall–Kier alpha value is -0.610. The fourth-order valence-electron chi connectivity index (χ4n) is 1.05. The van der Waals surface area contributed by atoms with E-state index < -0.39 is 0 Å². The Bertz CT molecular complexity index is 260. The number of hydrogen-bond donors (Lipinski definition) is 1. The number of rotatable bonds is 6. The van der Waals surface area contributed by atoms with E-state index in [1.165, 1.54) is 0 Å². The summed E-state index contributed by atoms with van der Waals surface area (Å²) in [6.07, 6.45) is 0. The van der Waals surface area contributed by atoms with Crippen molar-refractivity contribution in [2.45, 2.75) is 27.3 Å². The summed E-state index contributed by atoms with van der Waals surface area (Å²) in [4.78, 5) is 4.33. The Morgan fingerprint density at radius 2 is 2.36 bits per heavy atom. The van der Waals surface area contributed by atoms with Crippen LogP contribution in [-0.2, 0) is 6.54 Å². The molecule has 0 fully saturated rings. The molecule has 4 heteroatoms. The van der Waals surface area contributed by atoms with Crippen LogP contribution in [0.5, 0.6) is 5.19 Å². The number of ether oxygens (including phenoxy) is 1. The molecule has 0 atom stereocenters. The van der Waals surface area contributed by atoms with Crippen LogP contribution in [-0.4, -0.2) is 18.1 Å². The van der Waals surface area contributed by atoms with E-state index in [0.29, 0.717) is 12.5 Å². The Kier molecular flexibility index (Phi) is 4.90. The molecule has 0 radical (unpaired) electrons. The van der Waals surface area contributed by atoms with Gasteiger partial charge in [-0.3, -0.25) is 0 Å². The van der Waals surface area contributed by atoms with Crippen LogP contribution in [0.15, 0.2) is 5.38 Å². The van der Waals surface area contributed by atoms with Crippen molar-refractivity contribution in [3.63, 3.8) is 0 Å². The van der Waals surface area contributed by atoms with Crippen molar-refractivity contribution in [2.24, 2.45) is 5.92 Å². The van der Waals surface area contributed by atoms with Crippen molar-refractivity contribution >= 4 is 11.3 Å². The van der Waals surface area contributed by atoms with Gasteiger partial charge in [-0.2, -0.15) is 0 Å². The second-order valence-corrected chi connectivity index (χ2v) is 4.38. The molecule has 80 valence electrons. The molecule has 0 aliphatic rings. The van der Waals surface area contributed by atoms with Gasteiger partial charge < -0.3 is 10.1 Å². The van der Waals surface area contributed by atoms with Crippen LogP contribution < -0.4 is 10.1 Å². The maximum Gasteiger partial charge on any atom is 0.273 e. The molecule has 1 aromatic rings. The maximum atomic E-state index is 5.29. The van der Waals surface area contributed by atoms with Crippen LogP contribution in [0.25, 0.3) is 0 Å². The lowest BCUT2D eigenvalue weighted by atomic mass is 10.2. The predicted molar refractivity (Wildman–Crippen MR) is 59.8 cm³/mol. The molecule has 1 rings (SSSR count). The summed E-state index contributed by atoms with van der Waals surface area (Å²) in [6, 6.07) is 0. The molecule has 0 unspecified atom stereocenters. The average Bonchev–Trinajstić information content (AvgIpc) is 2.53. The van der Waals surface area contributed by atoms with Gasteiger partial charge in [-0.25, -0.2) is 4.98 Å². The summed E-state index contributed by atoms with van der Waals surface area (Å²) in [7, 11) is 0. The SMILES string of the molecule is CCOc1nc(CNCC(C)C)cs1. The Morgan fingerprint density at radius 1 is 1.57 bits per heavy atom. The first-order valence-corrected chi connectivity index (χ1v) is 5.88. The first kappa shape index (κ1) is 11.5. The quantitative estimate of drug-likeness (QED) is 0.789. The minimum atomic E-state index is 0.681. The molecule has 1 heterocycles. The highest BCUT2D eigenvalue weighted by Crippen LogP contribution is 2.17. The molecule has 0 saturated carbocycles. The number of thiazole rings is 1. The zero-order valence-electron chi connectivity index (χ0n) is 9.04. The Balaban J connectivity index is 2.28. The fraction of sp³-hybridized carbons (Fsp3) is 0.700. The standard InChI is InChI=1S/C10H18N2OS/c1-4-13-10-12-9(7-14-10)6-11-5-8(2)3/h7-8,11H,4-6H2,1-3H3. The van der Waals surface area contributed by atoms with Crippen LogP contribution >= 0.6 is 11.3 Å². The molecule has 0 aliphatic carbocycles. The third kappa shape index (κ3) is 4.07. The molecule has 0 aromatic carbocycles. The molecule has 3 nitrogen and oxygen atoms in total. The molecule has 0 aliphatic heterocycles. The van der Waals surface area contributed by atoms with Crippen molar-refractivity contribution in [3.05, 3.63) is 11.1 Å². The van der Waals surface area contributed by atoms with Crippen LogP contribution in [0.2, 0.25) is 0 Å². The predicted octanol–water partition coefficient (Wildman–Crippen LogP) is 2.29. The van der Waals surface area contributed by atoms with Gasteiger partial charge in [-0.15, -0.1) is 0 Å². The summed E-state index contributed by atoms with van der Waals surface area (Å²) in [5.74, 6) is 0.681. The third-order valence-electron chi connectivity index (χ3n) is 1.66. The minimum Gasteiger partial charge on any atom is -0.470 e. The van der Waals surface area contributed by atoms with Crippen molar-refractivity contribution in [1.82, 2.24) is 10.3 Å². The van der Waals surface area contributed by atoms with E-state index in [2.05, 4.69) is 24.1 Å². The Morgan fingerprint density at radius 3 is 3.00 bits per heavy atom. The summed E-state index contributed by atoms with van der Waals surface area (Å²) in [5.41, 5.74) is 1.07. The molecule has 0 spiro atoms. The zero-order chi connectivity index (χ0) is 10.4. The molecule has 0 amide bonds. The molecule has 1 aromatic heterocycles. The summed E-state index contributed by atoms with van der Waals surface area (Å²) >= 11 is 1.56. The van der Waals surface area contributed by atoms with E-state index in [1.807, 2.05) is 12.3 Å². The van der Waals surface area contributed by atoms with E-state index in [9.17, 15) is 0 Å². The average molecular weight is 214 g/mol. The van der Waals surface area contributed by atoms with Gasteiger partial charge in [0.05, 0.1) is 12.3 Å². The number of nitrogens with zero attached hydrogens (tertiary/aromatic N) is 1. The van der Waals surface area contributed by atoms with Crippen molar-refractivity contribution in [1.29, 1.82) is 0 Å². The highest BCUT2D eigenvalue weighted by molar-refractivity contribution is 7.11. The van der Waals surface area contributed by atoms with Crippen LogP contribution in [0.4, 0.5) is 0 Å². The second kappa shape index (κ2) is 5.98. The minimum absolute atomic E-state index is 0.681. The van der Waals surface area contributed by atoms with Crippen molar-refractivity contribution in [3.8, 4) is 5.19 Å². The van der Waals surface area contributed by atoms with Gasteiger partial charge >= 0.3 is 0 Å². The first-order valence-electron chi connectivity index (χ1n) is 5.00. The molecule has 1 N–H and O–H groups in total. The van der Waals surface area contributed by atoms with Gasteiger partial charge in [0, 0.05) is 11.9 Å². The monoisotopic (exact) mass is 214 g/mol. The molecule has 0 bridgehead atoms. The van der Waals surface area contributed by atoms with E-state index >= 15 is 0 Å². The van der Waals surface area contributed by atoms with Gasteiger partial charge in [0.15, 0.2) is 0 Å². The normalized spacial score (nSPS) is 10.9. The highest BCUT2D eigenvalue weighted by atomic mass is 32.1. The molecular weight excluding hydrogens is 196 g/mol. The van der Waals surface area contributed by atoms with E-state index in [1.54, 1.807) is 11.3 Å². The van der Waals surface area contributed by atoms with Gasteiger partial charge in [-0.05, 0) is 19.4 Å². The van der Waals surface area contributed by atoms with E-state index in [-0.39, 0.29) is 0 Å². The lowest BCUT2D eigenvalue weighted by Gasteiger charge is -2.04. The van der Waals surface area contributed by atoms with Gasteiger partial charge in [0.25, 0.3) is 5.19 Å². The lowest BCUT2D eigenvalue weighted by molar-refractivity contribution is 0.337. The van der Waals surface area contributed by atoms with Gasteiger partial charge in [0.2, 0.25) is 0 Å². The van der Waals surface area contributed by atoms with Gasteiger partial charge in [0.1, 0.15) is 0 Å². The van der Waals surface area contributed by atoms with E-state index in [0.717, 1.165) is 24.0 Å². The van der Waals surface area contributed by atoms with E-state index in [4.69, 9.17) is 4.74 Å². The third-order valence-corrected chi connectivity index (χ3v) is 2.46. The first-order chi connectivity index (χ1) is 6.72. The Labute approximate surface area is 89.5 Å². The summed E-state index contributed by atoms with van der Waals surface area (Å²) < 4.78 is 5.29. The molecule has 0 saturated heterocycles. The smallest absolute Gasteiger partial charge is 0.273 e. The van der Waals surface area contributed by atoms with Crippen molar-refractivity contribution in [2.75, 3.05) is 13.2 Å². The molecular formula is C10H18N2OS. The number of nitrogens with one attached hydrogen (secondary N) is 1. The second-order valence-electron chi connectivity index (χ2n) is 3.56. The zero-order valence-corrected chi connectivity index (χ0v) is 9.86. The highest BCUT2D eigenvalue weighted by Gasteiger charge is 2.01. The van der Waals surface area contributed by atoms with Crippen LogP contribution in [0.1, 0.15) is 26.5 Å². The topological polar surface area (TPSA) is 34.1 Å². The van der Waals surface area contributed by atoms with Crippen LogP contribution in [0.3, 0.4) is 0 Å². The largest absolute Gasteiger partial charge is 0.470 e. The lowest BCUT2D eigenvalue weighted by Crippen LogP contribution is -2.19. The summed E-state index contributed by atoms with van der Waals surface area (Å²) in [5, 5.41) is 6.16. The number of aromatic nitrogens is 1. The molecule has 14 heavy (non-hydrogen) atoms. The fourth-order valence-corrected chi connectivity index (χ4v) is 1.78. The van der Waals surface area contributed by atoms with Gasteiger partial charge in [-0.1, -0.05) is 25.2 Å². The number of hydrogen-bond acceptors (Lipinski definition) is 4.